The molecule has 0 bridgehead atoms. The van der Waals surface area contributed by atoms with Gasteiger partial charge in [-0.25, -0.2) is 0 Å². The lowest BCUT2D eigenvalue weighted by Crippen LogP contribution is -2.33. The molecule has 32 heavy (non-hydrogen) atoms. The summed E-state index contributed by atoms with van der Waals surface area (Å²) in [6.07, 6.45) is 0.819. The average molecular weight is 436 g/mol. The number of aliphatic hydroxyl groups excluding tert-OH is 1. The molecule has 4 rings (SSSR count). The number of ketones is 1. The third kappa shape index (κ3) is 4.15. The fraction of sp³-hybridized carbons (Fsp3) is 0.385. The van der Waals surface area contributed by atoms with Crippen LogP contribution in [0.5, 0.6) is 5.75 Å². The highest BCUT2D eigenvalue weighted by Gasteiger charge is 2.46. The Bertz CT molecular complexity index is 1090. The zero-order valence-electron chi connectivity index (χ0n) is 18.9. The van der Waals surface area contributed by atoms with Crippen LogP contribution in [0.3, 0.4) is 0 Å². The normalized spacial score (nSPS) is 21.8. The van der Waals surface area contributed by atoms with Gasteiger partial charge in [-0.2, -0.15) is 0 Å². The highest BCUT2D eigenvalue weighted by Crippen LogP contribution is 2.40. The fourth-order valence-corrected chi connectivity index (χ4v) is 4.41. The van der Waals surface area contributed by atoms with Crippen LogP contribution in [0.15, 0.2) is 48.0 Å². The summed E-state index contributed by atoms with van der Waals surface area (Å²) in [5, 5.41) is 11.2. The zero-order valence-corrected chi connectivity index (χ0v) is 18.9. The summed E-state index contributed by atoms with van der Waals surface area (Å²) in [6.45, 7) is 8.35. The number of rotatable bonds is 6. The quantitative estimate of drug-likeness (QED) is 0.419. The summed E-state index contributed by atoms with van der Waals surface area (Å²) < 4.78 is 11.4. The van der Waals surface area contributed by atoms with Crippen molar-refractivity contribution in [2.45, 2.75) is 52.4 Å². The van der Waals surface area contributed by atoms with Gasteiger partial charge in [-0.3, -0.25) is 9.59 Å². The number of likely N-dealkylation sites (tertiary alicyclic amines) is 1. The van der Waals surface area contributed by atoms with Gasteiger partial charge in [0.25, 0.3) is 11.7 Å². The maximum atomic E-state index is 13.1. The zero-order chi connectivity index (χ0) is 23.0. The minimum atomic E-state index is -0.677. The van der Waals surface area contributed by atoms with Crippen molar-refractivity contribution in [3.8, 4) is 5.75 Å². The summed E-state index contributed by atoms with van der Waals surface area (Å²) in [7, 11) is 0. The average Bonchev–Trinajstić information content (AvgIpc) is 3.24. The summed E-state index contributed by atoms with van der Waals surface area (Å²) in [5.41, 5.74) is 3.39. The Morgan fingerprint density at radius 2 is 2.00 bits per heavy atom. The number of hydrogen-bond donors (Lipinski definition) is 1. The minimum Gasteiger partial charge on any atom is -0.507 e. The van der Waals surface area contributed by atoms with Crippen LogP contribution >= 0.6 is 0 Å². The molecule has 6 nitrogen and oxygen atoms in total. The van der Waals surface area contributed by atoms with Crippen LogP contribution in [0.1, 0.15) is 49.1 Å². The van der Waals surface area contributed by atoms with Crippen molar-refractivity contribution >= 4 is 17.4 Å². The van der Waals surface area contributed by atoms with Crippen molar-refractivity contribution < 1.29 is 24.2 Å². The Hall–Kier alpha value is -3.12. The first kappa shape index (κ1) is 22.1. The SMILES string of the molecule is Cc1cccc(C2/C(=C(/O)c3ccc4c(c3)CC(C)O4)C(=O)C(=O)N2CCOC(C)C)c1. The molecule has 2 aromatic carbocycles. The van der Waals surface area contributed by atoms with E-state index in [1.165, 1.54) is 4.90 Å². The fourth-order valence-electron chi connectivity index (χ4n) is 4.41. The molecule has 2 aliphatic rings. The van der Waals surface area contributed by atoms with Crippen molar-refractivity contribution in [3.05, 3.63) is 70.3 Å². The van der Waals surface area contributed by atoms with E-state index in [9.17, 15) is 14.7 Å². The lowest BCUT2D eigenvalue weighted by atomic mass is 9.93. The van der Waals surface area contributed by atoms with Crippen LogP contribution in [0.4, 0.5) is 0 Å². The number of hydrogen-bond acceptors (Lipinski definition) is 5. The predicted molar refractivity (Wildman–Crippen MR) is 122 cm³/mol. The molecule has 2 unspecified atom stereocenters. The topological polar surface area (TPSA) is 76.1 Å². The number of aliphatic hydroxyl groups is 1. The number of fused-ring (bicyclic) bond motifs is 1. The van der Waals surface area contributed by atoms with Gasteiger partial charge in [-0.05, 0) is 57.0 Å². The van der Waals surface area contributed by atoms with Gasteiger partial charge in [0.2, 0.25) is 0 Å². The van der Waals surface area contributed by atoms with E-state index in [-0.39, 0.29) is 30.1 Å². The molecule has 0 saturated carbocycles. The number of Topliss-reactive ketones (excluding diaryl/α,β-unsaturated/α-hetero) is 1. The summed E-state index contributed by atoms with van der Waals surface area (Å²) in [4.78, 5) is 27.6. The molecule has 1 amide bonds. The van der Waals surface area contributed by atoms with Crippen LogP contribution in [0.25, 0.3) is 5.76 Å². The second-order valence-electron chi connectivity index (χ2n) is 8.78. The number of amides is 1. The van der Waals surface area contributed by atoms with Crippen LogP contribution in [-0.2, 0) is 20.7 Å². The van der Waals surface area contributed by atoms with Crippen molar-refractivity contribution in [2.24, 2.45) is 0 Å². The Kier molecular flexibility index (Phi) is 6.07. The predicted octanol–water partition coefficient (Wildman–Crippen LogP) is 4.17. The van der Waals surface area contributed by atoms with Gasteiger partial charge in [-0.1, -0.05) is 29.8 Å². The van der Waals surface area contributed by atoms with Gasteiger partial charge in [0.1, 0.15) is 17.6 Å². The molecule has 2 heterocycles. The molecule has 1 saturated heterocycles. The molecular formula is C26H29NO5. The third-order valence-electron chi connectivity index (χ3n) is 5.85. The van der Waals surface area contributed by atoms with Crippen LogP contribution in [0.2, 0.25) is 0 Å². The standard InChI is InChI=1S/C26H29NO5/c1-15(2)31-11-10-27-23(18-7-5-6-16(3)12-18)22(25(29)26(27)30)24(28)19-8-9-21-20(14-19)13-17(4)32-21/h5-9,12,14-15,17,23,28H,10-11,13H2,1-4H3/b24-22-. The first-order chi connectivity index (χ1) is 15.3. The molecule has 1 fully saturated rings. The van der Waals surface area contributed by atoms with Gasteiger partial charge < -0.3 is 19.5 Å². The number of aryl methyl sites for hydroxylation is 1. The molecule has 1 N–H and O–H groups in total. The molecule has 6 heteroatoms. The Morgan fingerprint density at radius 3 is 2.72 bits per heavy atom. The van der Waals surface area contributed by atoms with Crippen molar-refractivity contribution in [1.82, 2.24) is 4.90 Å². The number of benzene rings is 2. The minimum absolute atomic E-state index is 0.0141. The van der Waals surface area contributed by atoms with Gasteiger partial charge in [0, 0.05) is 18.5 Å². The van der Waals surface area contributed by atoms with Gasteiger partial charge in [0.15, 0.2) is 0 Å². The van der Waals surface area contributed by atoms with Crippen LogP contribution in [0, 0.1) is 6.92 Å². The molecule has 0 aliphatic carbocycles. The first-order valence-electron chi connectivity index (χ1n) is 11.0. The Morgan fingerprint density at radius 1 is 1.22 bits per heavy atom. The second kappa shape index (κ2) is 8.79. The molecule has 2 aliphatic heterocycles. The molecule has 2 atom stereocenters. The highest BCUT2D eigenvalue weighted by atomic mass is 16.5. The molecule has 168 valence electrons. The summed E-state index contributed by atoms with van der Waals surface area (Å²) >= 11 is 0. The number of carbonyl (C=O) groups excluding carboxylic acids is 2. The van der Waals surface area contributed by atoms with Gasteiger partial charge >= 0.3 is 0 Å². The molecule has 0 radical (unpaired) electrons. The molecular weight excluding hydrogens is 406 g/mol. The summed E-state index contributed by atoms with van der Waals surface area (Å²) in [6, 6.07) is 12.4. The third-order valence-corrected chi connectivity index (χ3v) is 5.85. The van der Waals surface area contributed by atoms with Crippen LogP contribution in [-0.4, -0.2) is 47.1 Å². The van der Waals surface area contributed by atoms with E-state index >= 15 is 0 Å². The second-order valence-corrected chi connectivity index (χ2v) is 8.78. The first-order valence-corrected chi connectivity index (χ1v) is 11.0. The monoisotopic (exact) mass is 435 g/mol. The van der Waals surface area contributed by atoms with Crippen molar-refractivity contribution in [2.75, 3.05) is 13.2 Å². The molecule has 0 aromatic heterocycles. The van der Waals surface area contributed by atoms with Crippen molar-refractivity contribution in [1.29, 1.82) is 0 Å². The van der Waals surface area contributed by atoms with E-state index in [0.29, 0.717) is 12.2 Å². The van der Waals surface area contributed by atoms with E-state index in [2.05, 4.69) is 0 Å². The van der Waals surface area contributed by atoms with E-state index in [1.54, 1.807) is 6.07 Å². The highest BCUT2D eigenvalue weighted by molar-refractivity contribution is 6.46. The van der Waals surface area contributed by atoms with E-state index in [4.69, 9.17) is 9.47 Å². The maximum absolute atomic E-state index is 13.1. The maximum Gasteiger partial charge on any atom is 0.295 e. The lowest BCUT2D eigenvalue weighted by Gasteiger charge is -2.26. The van der Waals surface area contributed by atoms with E-state index in [0.717, 1.165) is 28.9 Å². The largest absolute Gasteiger partial charge is 0.507 e. The van der Waals surface area contributed by atoms with E-state index in [1.807, 2.05) is 64.1 Å². The van der Waals surface area contributed by atoms with Gasteiger partial charge in [0.05, 0.1) is 24.3 Å². The molecule has 2 aromatic rings. The van der Waals surface area contributed by atoms with E-state index < -0.39 is 17.7 Å². The number of carbonyl (C=O) groups is 2. The van der Waals surface area contributed by atoms with Crippen molar-refractivity contribution in [3.63, 3.8) is 0 Å². The number of ether oxygens (including phenoxy) is 2. The Labute approximate surface area is 188 Å². The van der Waals surface area contributed by atoms with Gasteiger partial charge in [-0.15, -0.1) is 0 Å². The number of nitrogens with zero attached hydrogens (tertiary/aromatic N) is 1. The molecule has 0 spiro atoms. The Balaban J connectivity index is 1.78. The van der Waals surface area contributed by atoms with Crippen LogP contribution < -0.4 is 4.74 Å². The lowest BCUT2D eigenvalue weighted by molar-refractivity contribution is -0.140. The smallest absolute Gasteiger partial charge is 0.295 e. The summed E-state index contributed by atoms with van der Waals surface area (Å²) in [5.74, 6) is -0.674.